The summed E-state index contributed by atoms with van der Waals surface area (Å²) in [5.74, 6) is 0. The molecule has 2 atom stereocenters. The normalized spacial score (nSPS) is 24.0. The molecule has 19 heavy (non-hydrogen) atoms. The van der Waals surface area contributed by atoms with E-state index in [0.717, 1.165) is 31.8 Å². The highest BCUT2D eigenvalue weighted by atomic mass is 16.3. The number of nitrogens with zero attached hydrogens (tertiary/aromatic N) is 2. The van der Waals surface area contributed by atoms with Crippen molar-refractivity contribution in [3.05, 3.63) is 0 Å². The molecular formula is C15H33N3O. The van der Waals surface area contributed by atoms with E-state index >= 15 is 0 Å². The molecule has 1 aliphatic heterocycles. The lowest BCUT2D eigenvalue weighted by molar-refractivity contribution is 0.0563. The Bertz CT molecular complexity index is 246. The maximum absolute atomic E-state index is 9.84. The van der Waals surface area contributed by atoms with E-state index in [1.165, 1.54) is 32.5 Å². The molecule has 114 valence electrons. The summed E-state index contributed by atoms with van der Waals surface area (Å²) < 4.78 is 0. The Balaban J connectivity index is 2.12. The van der Waals surface area contributed by atoms with E-state index in [0.29, 0.717) is 6.54 Å². The molecule has 0 aromatic carbocycles. The highest BCUT2D eigenvalue weighted by Crippen LogP contribution is 2.17. The zero-order valence-electron chi connectivity index (χ0n) is 13.1. The number of likely N-dealkylation sites (N-methyl/N-ethyl adjacent to an activating group) is 2. The van der Waals surface area contributed by atoms with Crippen molar-refractivity contribution in [1.82, 2.24) is 9.80 Å². The van der Waals surface area contributed by atoms with Crippen LogP contribution in [0.1, 0.15) is 46.0 Å². The van der Waals surface area contributed by atoms with Gasteiger partial charge in [0.05, 0.1) is 5.60 Å². The molecule has 0 aliphatic carbocycles. The molecule has 4 nitrogen and oxygen atoms in total. The van der Waals surface area contributed by atoms with Gasteiger partial charge in [-0.3, -0.25) is 4.90 Å². The zero-order chi connectivity index (χ0) is 14.3. The summed E-state index contributed by atoms with van der Waals surface area (Å²) in [6.45, 7) is 9.19. The van der Waals surface area contributed by atoms with Gasteiger partial charge in [0, 0.05) is 19.1 Å². The third kappa shape index (κ3) is 6.21. The van der Waals surface area contributed by atoms with Gasteiger partial charge in [0.25, 0.3) is 0 Å². The first kappa shape index (κ1) is 16.9. The maximum Gasteiger partial charge on any atom is 0.0741 e. The smallest absolute Gasteiger partial charge is 0.0741 e. The van der Waals surface area contributed by atoms with Crippen LogP contribution >= 0.6 is 0 Å². The summed E-state index contributed by atoms with van der Waals surface area (Å²) in [5.41, 5.74) is 4.84. The van der Waals surface area contributed by atoms with Gasteiger partial charge in [0.15, 0.2) is 0 Å². The maximum atomic E-state index is 9.84. The van der Waals surface area contributed by atoms with E-state index < -0.39 is 5.60 Å². The number of unbranched alkanes of at least 4 members (excludes halogenated alkanes) is 1. The Kier molecular flexibility index (Phi) is 7.29. The predicted octanol–water partition coefficient (Wildman–Crippen LogP) is 1.28. The van der Waals surface area contributed by atoms with Crippen LogP contribution in [0.3, 0.4) is 0 Å². The summed E-state index contributed by atoms with van der Waals surface area (Å²) in [6, 6.07) is 0.752. The number of likely N-dealkylation sites (tertiary alicyclic amines) is 1. The highest BCUT2D eigenvalue weighted by Gasteiger charge is 2.23. The number of hydrogen-bond donors (Lipinski definition) is 2. The molecule has 1 aliphatic rings. The third-order valence-corrected chi connectivity index (χ3v) is 4.37. The summed E-state index contributed by atoms with van der Waals surface area (Å²) in [5, 5.41) is 9.84. The van der Waals surface area contributed by atoms with Gasteiger partial charge in [-0.05, 0) is 65.7 Å². The molecule has 1 rings (SSSR count). The van der Waals surface area contributed by atoms with E-state index in [1.807, 2.05) is 6.92 Å². The summed E-state index contributed by atoms with van der Waals surface area (Å²) in [4.78, 5) is 5.03. The summed E-state index contributed by atoms with van der Waals surface area (Å²) in [7, 11) is 2.22. The SMILES string of the molecule is CCN1CCCC1CN(C)CCCCC(C)(O)CN. The zero-order valence-corrected chi connectivity index (χ0v) is 13.1. The van der Waals surface area contributed by atoms with Gasteiger partial charge >= 0.3 is 0 Å². The minimum absolute atomic E-state index is 0.358. The fraction of sp³-hybridized carbons (Fsp3) is 1.00. The van der Waals surface area contributed by atoms with Crippen LogP contribution in [0, 0.1) is 0 Å². The first-order valence-electron chi connectivity index (χ1n) is 7.83. The van der Waals surface area contributed by atoms with E-state index in [-0.39, 0.29) is 0 Å². The predicted molar refractivity (Wildman–Crippen MR) is 81.3 cm³/mol. The lowest BCUT2D eigenvalue weighted by atomic mass is 9.99. The molecule has 1 saturated heterocycles. The molecule has 2 unspecified atom stereocenters. The minimum atomic E-state index is -0.678. The van der Waals surface area contributed by atoms with Gasteiger partial charge in [-0.2, -0.15) is 0 Å². The molecular weight excluding hydrogens is 238 g/mol. The van der Waals surface area contributed by atoms with Gasteiger partial charge in [0.2, 0.25) is 0 Å². The minimum Gasteiger partial charge on any atom is -0.389 e. The summed E-state index contributed by atoms with van der Waals surface area (Å²) >= 11 is 0. The first-order valence-corrected chi connectivity index (χ1v) is 7.83. The second-order valence-corrected chi connectivity index (χ2v) is 6.35. The first-order chi connectivity index (χ1) is 8.98. The Morgan fingerprint density at radius 2 is 2.16 bits per heavy atom. The van der Waals surface area contributed by atoms with Crippen LogP contribution in [0.25, 0.3) is 0 Å². The Morgan fingerprint density at radius 3 is 2.79 bits per heavy atom. The largest absolute Gasteiger partial charge is 0.389 e. The molecule has 1 fully saturated rings. The van der Waals surface area contributed by atoms with E-state index in [9.17, 15) is 5.11 Å². The van der Waals surface area contributed by atoms with Crippen molar-refractivity contribution >= 4 is 0 Å². The van der Waals surface area contributed by atoms with Crippen molar-refractivity contribution in [1.29, 1.82) is 0 Å². The average molecular weight is 271 g/mol. The van der Waals surface area contributed by atoms with Crippen LogP contribution in [0.15, 0.2) is 0 Å². The Morgan fingerprint density at radius 1 is 1.42 bits per heavy atom. The van der Waals surface area contributed by atoms with E-state index in [2.05, 4.69) is 23.8 Å². The third-order valence-electron chi connectivity index (χ3n) is 4.37. The van der Waals surface area contributed by atoms with Crippen LogP contribution in [0.4, 0.5) is 0 Å². The van der Waals surface area contributed by atoms with Gasteiger partial charge in [0.1, 0.15) is 0 Å². The van der Waals surface area contributed by atoms with Crippen molar-refractivity contribution in [2.24, 2.45) is 5.73 Å². The highest BCUT2D eigenvalue weighted by molar-refractivity contribution is 4.80. The standard InChI is InChI=1S/C15H33N3O/c1-4-18-11-7-8-14(18)12-17(3)10-6-5-9-15(2,19)13-16/h14,19H,4-13,16H2,1-3H3. The topological polar surface area (TPSA) is 52.7 Å². The van der Waals surface area contributed by atoms with Crippen molar-refractivity contribution in [3.63, 3.8) is 0 Å². The second kappa shape index (κ2) is 8.20. The van der Waals surface area contributed by atoms with Crippen molar-refractivity contribution in [3.8, 4) is 0 Å². The Labute approximate surface area is 118 Å². The van der Waals surface area contributed by atoms with Crippen LogP contribution in [0.5, 0.6) is 0 Å². The van der Waals surface area contributed by atoms with E-state index in [4.69, 9.17) is 5.73 Å². The van der Waals surface area contributed by atoms with E-state index in [1.54, 1.807) is 0 Å². The average Bonchev–Trinajstić information content (AvgIpc) is 2.82. The molecule has 0 saturated carbocycles. The molecule has 0 bridgehead atoms. The molecule has 4 heteroatoms. The molecule has 0 aromatic heterocycles. The number of nitrogens with two attached hydrogens (primary N) is 1. The molecule has 0 aromatic rings. The van der Waals surface area contributed by atoms with Crippen LogP contribution < -0.4 is 5.73 Å². The van der Waals surface area contributed by atoms with Crippen molar-refractivity contribution in [2.45, 2.75) is 57.6 Å². The number of hydrogen-bond acceptors (Lipinski definition) is 4. The Hall–Kier alpha value is -0.160. The lowest BCUT2D eigenvalue weighted by Gasteiger charge is -2.28. The van der Waals surface area contributed by atoms with Gasteiger partial charge in [-0.1, -0.05) is 6.92 Å². The molecule has 3 N–H and O–H groups in total. The fourth-order valence-corrected chi connectivity index (χ4v) is 2.96. The lowest BCUT2D eigenvalue weighted by Crippen LogP contribution is -2.39. The molecule has 0 radical (unpaired) electrons. The van der Waals surface area contributed by atoms with Gasteiger partial charge in [-0.15, -0.1) is 0 Å². The summed E-state index contributed by atoms with van der Waals surface area (Å²) in [6.07, 6.45) is 5.70. The second-order valence-electron chi connectivity index (χ2n) is 6.35. The number of aliphatic hydroxyl groups is 1. The van der Waals surface area contributed by atoms with Crippen LogP contribution in [0.2, 0.25) is 0 Å². The van der Waals surface area contributed by atoms with Crippen molar-refractivity contribution in [2.75, 3.05) is 39.8 Å². The number of rotatable bonds is 9. The van der Waals surface area contributed by atoms with Gasteiger partial charge in [-0.25, -0.2) is 0 Å². The molecule has 1 heterocycles. The fourth-order valence-electron chi connectivity index (χ4n) is 2.96. The molecule has 0 spiro atoms. The van der Waals surface area contributed by atoms with Crippen LogP contribution in [-0.2, 0) is 0 Å². The molecule has 0 amide bonds. The van der Waals surface area contributed by atoms with Gasteiger partial charge < -0.3 is 15.7 Å². The van der Waals surface area contributed by atoms with Crippen molar-refractivity contribution < 1.29 is 5.11 Å². The van der Waals surface area contributed by atoms with Crippen LogP contribution in [-0.4, -0.2) is 66.3 Å². The monoisotopic (exact) mass is 271 g/mol. The quantitative estimate of drug-likeness (QED) is 0.620.